The lowest BCUT2D eigenvalue weighted by atomic mass is 10.0. The van der Waals surface area contributed by atoms with E-state index in [1.807, 2.05) is 13.0 Å². The second-order valence-corrected chi connectivity index (χ2v) is 8.79. The number of anilines is 1. The summed E-state index contributed by atoms with van der Waals surface area (Å²) in [5, 5.41) is 14.7. The van der Waals surface area contributed by atoms with Gasteiger partial charge in [-0.1, -0.05) is 18.5 Å². The zero-order valence-corrected chi connectivity index (χ0v) is 18.8. The Labute approximate surface area is 191 Å². The minimum Gasteiger partial charge on any atom is -0.443 e. The van der Waals surface area contributed by atoms with Crippen molar-refractivity contribution in [1.82, 2.24) is 19.8 Å². The smallest absolute Gasteiger partial charge is 0.413 e. The molecule has 166 valence electrons. The van der Waals surface area contributed by atoms with Crippen LogP contribution < -0.4 is 5.32 Å². The number of benzene rings is 1. The highest BCUT2D eigenvalue weighted by atomic mass is 35.5. The minimum absolute atomic E-state index is 0.0296. The average molecular weight is 476 g/mol. The Morgan fingerprint density at radius 3 is 3.03 bits per heavy atom. The zero-order valence-electron chi connectivity index (χ0n) is 17.2. The Morgan fingerprint density at radius 2 is 2.28 bits per heavy atom. The van der Waals surface area contributed by atoms with E-state index in [1.54, 1.807) is 35.3 Å². The molecule has 11 heteroatoms. The number of amides is 1. The van der Waals surface area contributed by atoms with Gasteiger partial charge in [0.2, 0.25) is 0 Å². The van der Waals surface area contributed by atoms with Gasteiger partial charge in [-0.3, -0.25) is 10.4 Å². The number of ether oxygens (including phenoxy) is 2. The highest BCUT2D eigenvalue weighted by molar-refractivity contribution is 7.98. The van der Waals surface area contributed by atoms with Crippen LogP contribution in [0.5, 0.6) is 0 Å². The third-order valence-corrected chi connectivity index (χ3v) is 6.64. The van der Waals surface area contributed by atoms with Crippen LogP contribution in [0.2, 0.25) is 5.02 Å². The Hall–Kier alpha value is -2.82. The maximum absolute atomic E-state index is 14.9. The van der Waals surface area contributed by atoms with Gasteiger partial charge in [0.1, 0.15) is 6.10 Å². The molecule has 0 aliphatic carbocycles. The van der Waals surface area contributed by atoms with E-state index in [2.05, 4.69) is 20.6 Å². The number of carbonyl (C=O) groups is 1. The van der Waals surface area contributed by atoms with Crippen LogP contribution in [0, 0.1) is 11.7 Å². The minimum atomic E-state index is -0.589. The van der Waals surface area contributed by atoms with Crippen molar-refractivity contribution in [3.8, 4) is 11.1 Å². The zero-order chi connectivity index (χ0) is 22.4. The number of carbonyl (C=O) groups excluding carboxylic acids is 1. The number of aromatic nitrogens is 4. The topological polar surface area (TPSA) is 93.5 Å². The monoisotopic (exact) mass is 475 g/mol. The molecule has 8 nitrogen and oxygen atoms in total. The number of fused-ring (bicyclic) bond motifs is 2. The second-order valence-electron chi connectivity index (χ2n) is 7.59. The second kappa shape index (κ2) is 8.27. The van der Waals surface area contributed by atoms with E-state index in [0.29, 0.717) is 46.1 Å². The summed E-state index contributed by atoms with van der Waals surface area (Å²) >= 11 is 7.70. The van der Waals surface area contributed by atoms with Gasteiger partial charge in [-0.2, -0.15) is 5.10 Å². The molecule has 5 rings (SSSR count). The molecule has 0 bridgehead atoms. The first-order chi connectivity index (χ1) is 15.5. The predicted octanol–water partition coefficient (Wildman–Crippen LogP) is 4.98. The molecule has 0 saturated carbocycles. The summed E-state index contributed by atoms with van der Waals surface area (Å²) < 4.78 is 27.2. The van der Waals surface area contributed by atoms with Crippen LogP contribution in [-0.4, -0.2) is 51.5 Å². The molecule has 2 N–H and O–H groups in total. The van der Waals surface area contributed by atoms with Gasteiger partial charge in [-0.05, 0) is 24.0 Å². The van der Waals surface area contributed by atoms with Gasteiger partial charge in [0.15, 0.2) is 11.6 Å². The lowest BCUT2D eigenvalue weighted by Gasteiger charge is -2.14. The van der Waals surface area contributed by atoms with Crippen molar-refractivity contribution in [2.75, 3.05) is 24.8 Å². The van der Waals surface area contributed by atoms with E-state index in [4.69, 9.17) is 21.1 Å². The number of nitrogens with one attached hydrogen (secondary N) is 2. The van der Waals surface area contributed by atoms with E-state index in [-0.39, 0.29) is 17.0 Å². The highest BCUT2D eigenvalue weighted by Crippen LogP contribution is 2.42. The highest BCUT2D eigenvalue weighted by Gasteiger charge is 2.28. The number of halogens is 2. The Kier molecular flexibility index (Phi) is 5.44. The lowest BCUT2D eigenvalue weighted by Crippen LogP contribution is -2.27. The molecular formula is C21H19ClFN5O3S. The third kappa shape index (κ3) is 3.58. The molecule has 1 aromatic carbocycles. The summed E-state index contributed by atoms with van der Waals surface area (Å²) in [4.78, 5) is 12.6. The number of rotatable bonds is 4. The van der Waals surface area contributed by atoms with Crippen molar-refractivity contribution < 1.29 is 18.7 Å². The van der Waals surface area contributed by atoms with Gasteiger partial charge in [0.25, 0.3) is 0 Å². The first-order valence-electron chi connectivity index (χ1n) is 9.89. The summed E-state index contributed by atoms with van der Waals surface area (Å²) in [5.41, 5.74) is 2.53. The van der Waals surface area contributed by atoms with Gasteiger partial charge in [-0.25, -0.2) is 13.7 Å². The molecule has 0 radical (unpaired) electrons. The molecule has 1 fully saturated rings. The van der Waals surface area contributed by atoms with Gasteiger partial charge >= 0.3 is 6.09 Å². The first-order valence-corrected chi connectivity index (χ1v) is 11.5. The number of pyridine rings is 1. The standard InChI is InChI=1S/C21H19ClFN5O3S/c1-10-8-30-9-14(10)31-21(29)25-15-6-12-5-11(3-4-28(12)27-15)16-13-7-24-26-19(13)20(32-2)18(23)17(16)22/h3-7,10,14H,8-9H2,1-2H3,(H,24,26)(H,25,27,29)/t10-,14-/m1/s1. The molecule has 1 aliphatic rings. The van der Waals surface area contributed by atoms with Crippen LogP contribution in [0.3, 0.4) is 0 Å². The van der Waals surface area contributed by atoms with Crippen LogP contribution >= 0.6 is 23.4 Å². The summed E-state index contributed by atoms with van der Waals surface area (Å²) in [6.07, 6.45) is 4.27. The molecule has 0 unspecified atom stereocenters. The number of hydrogen-bond donors (Lipinski definition) is 2. The fourth-order valence-electron chi connectivity index (χ4n) is 3.83. The molecule has 3 aromatic heterocycles. The van der Waals surface area contributed by atoms with Crippen molar-refractivity contribution in [3.63, 3.8) is 0 Å². The Morgan fingerprint density at radius 1 is 1.44 bits per heavy atom. The maximum atomic E-state index is 14.9. The fraction of sp³-hybridized carbons (Fsp3) is 0.286. The first kappa shape index (κ1) is 21.0. The average Bonchev–Trinajstić information content (AvgIpc) is 3.49. The molecule has 0 spiro atoms. The van der Waals surface area contributed by atoms with Crippen molar-refractivity contribution >= 4 is 51.7 Å². The summed E-state index contributed by atoms with van der Waals surface area (Å²) in [6, 6.07) is 5.31. The van der Waals surface area contributed by atoms with Gasteiger partial charge in [-0.15, -0.1) is 16.9 Å². The molecule has 4 heterocycles. The van der Waals surface area contributed by atoms with Gasteiger partial charge in [0, 0.05) is 29.1 Å². The van der Waals surface area contributed by atoms with Crippen LogP contribution in [0.15, 0.2) is 35.5 Å². The van der Waals surface area contributed by atoms with E-state index in [1.165, 1.54) is 11.8 Å². The number of hydrogen-bond acceptors (Lipinski definition) is 6. The van der Waals surface area contributed by atoms with E-state index in [0.717, 1.165) is 5.39 Å². The molecule has 2 atom stereocenters. The predicted molar refractivity (Wildman–Crippen MR) is 121 cm³/mol. The third-order valence-electron chi connectivity index (χ3n) is 5.49. The van der Waals surface area contributed by atoms with Crippen LogP contribution in [0.1, 0.15) is 6.92 Å². The number of thioether (sulfide) groups is 1. The van der Waals surface area contributed by atoms with E-state index >= 15 is 0 Å². The maximum Gasteiger partial charge on any atom is 0.413 e. The normalized spacial score (nSPS) is 18.5. The quantitative estimate of drug-likeness (QED) is 0.404. The number of H-pyrrole nitrogens is 1. The van der Waals surface area contributed by atoms with Crippen molar-refractivity contribution in [2.24, 2.45) is 5.92 Å². The van der Waals surface area contributed by atoms with Crippen LogP contribution in [0.25, 0.3) is 27.5 Å². The summed E-state index contributed by atoms with van der Waals surface area (Å²) in [7, 11) is 0. The Balaban J connectivity index is 1.47. The van der Waals surface area contributed by atoms with Crippen LogP contribution in [-0.2, 0) is 9.47 Å². The summed E-state index contributed by atoms with van der Waals surface area (Å²) in [6.45, 7) is 2.92. The molecule has 32 heavy (non-hydrogen) atoms. The summed E-state index contributed by atoms with van der Waals surface area (Å²) in [5.74, 6) is -0.0107. The number of nitrogens with zero attached hydrogens (tertiary/aromatic N) is 3. The van der Waals surface area contributed by atoms with E-state index in [9.17, 15) is 9.18 Å². The van der Waals surface area contributed by atoms with E-state index < -0.39 is 11.9 Å². The SMILES string of the molecule is CSc1c(F)c(Cl)c(-c2ccn3nc(NC(=O)O[C@@H]4COC[C@H]4C)cc3c2)c2cn[nH]c12. The lowest BCUT2D eigenvalue weighted by molar-refractivity contribution is 0.0843. The van der Waals surface area contributed by atoms with Crippen molar-refractivity contribution in [1.29, 1.82) is 0 Å². The van der Waals surface area contributed by atoms with Gasteiger partial charge in [0.05, 0.1) is 40.4 Å². The Bertz CT molecular complexity index is 1340. The molecular weight excluding hydrogens is 457 g/mol. The largest absolute Gasteiger partial charge is 0.443 e. The molecule has 1 saturated heterocycles. The molecule has 1 aliphatic heterocycles. The molecule has 1 amide bonds. The van der Waals surface area contributed by atoms with Crippen molar-refractivity contribution in [2.45, 2.75) is 17.9 Å². The van der Waals surface area contributed by atoms with Crippen molar-refractivity contribution in [3.05, 3.63) is 41.4 Å². The fourth-order valence-corrected chi connectivity index (χ4v) is 4.84. The van der Waals surface area contributed by atoms with Crippen LogP contribution in [0.4, 0.5) is 15.0 Å². The van der Waals surface area contributed by atoms with Gasteiger partial charge < -0.3 is 9.47 Å². The molecule has 4 aromatic rings. The number of aromatic amines is 1.